The van der Waals surface area contributed by atoms with Crippen LogP contribution in [0.3, 0.4) is 0 Å². The molecule has 0 aliphatic carbocycles. The fourth-order valence-electron chi connectivity index (χ4n) is 1.22. The largest absolute Gasteiger partial charge is 0.380 e. The zero-order valence-electron chi connectivity index (χ0n) is 7.84. The maximum atomic E-state index is 6.00. The Morgan fingerprint density at radius 2 is 2.20 bits per heavy atom. The van der Waals surface area contributed by atoms with E-state index in [1.807, 2.05) is 12.1 Å². The number of rotatable bonds is 3. The van der Waals surface area contributed by atoms with Gasteiger partial charge in [0.25, 0.3) is 0 Å². The quantitative estimate of drug-likeness (QED) is 0.860. The molecular weight excluding hydrogens is 294 g/mol. The van der Waals surface area contributed by atoms with Gasteiger partial charge in [-0.3, -0.25) is 0 Å². The van der Waals surface area contributed by atoms with E-state index in [-0.39, 0.29) is 0 Å². The van der Waals surface area contributed by atoms with E-state index in [1.165, 1.54) is 5.56 Å². The van der Waals surface area contributed by atoms with Crippen molar-refractivity contribution in [2.75, 3.05) is 5.32 Å². The maximum absolute atomic E-state index is 6.00. The van der Waals surface area contributed by atoms with Gasteiger partial charge in [-0.15, -0.1) is 0 Å². The molecule has 0 atom stereocenters. The molecule has 0 radical (unpaired) electrons. The van der Waals surface area contributed by atoms with E-state index < -0.39 is 0 Å². The van der Waals surface area contributed by atoms with Gasteiger partial charge < -0.3 is 5.32 Å². The smallest absolute Gasteiger partial charge is 0.0551 e. The van der Waals surface area contributed by atoms with Crippen LogP contribution in [0.25, 0.3) is 0 Å². The van der Waals surface area contributed by atoms with Gasteiger partial charge >= 0.3 is 0 Å². The number of halogens is 2. The predicted octanol–water partition coefficient (Wildman–Crippen LogP) is 4.78. The molecule has 0 bridgehead atoms. The molecular formula is C11H9BrClNS. The van der Waals surface area contributed by atoms with Gasteiger partial charge in [0.1, 0.15) is 0 Å². The SMILES string of the molecule is Clc1cc(CNc2ccsc2)ccc1Br. The summed E-state index contributed by atoms with van der Waals surface area (Å²) in [6.45, 7) is 0.795. The fourth-order valence-corrected chi connectivity index (χ4v) is 2.28. The summed E-state index contributed by atoms with van der Waals surface area (Å²) in [5.41, 5.74) is 2.33. The summed E-state index contributed by atoms with van der Waals surface area (Å²) in [6.07, 6.45) is 0. The molecule has 0 spiro atoms. The molecule has 0 aliphatic rings. The summed E-state index contributed by atoms with van der Waals surface area (Å²) in [5, 5.41) is 8.21. The van der Waals surface area contributed by atoms with Gasteiger partial charge in [-0.25, -0.2) is 0 Å². The minimum Gasteiger partial charge on any atom is -0.380 e. The third-order valence-corrected chi connectivity index (χ3v) is 3.92. The standard InChI is InChI=1S/C11H9BrClNS/c12-10-2-1-8(5-11(10)13)6-14-9-3-4-15-7-9/h1-5,7,14H,6H2. The van der Waals surface area contributed by atoms with Crippen molar-refractivity contribution in [3.8, 4) is 0 Å². The average molecular weight is 303 g/mol. The fraction of sp³-hybridized carbons (Fsp3) is 0.0909. The molecule has 1 aromatic heterocycles. The Morgan fingerprint density at radius 3 is 2.87 bits per heavy atom. The molecule has 2 rings (SSSR count). The van der Waals surface area contributed by atoms with Gasteiger partial charge in [-0.2, -0.15) is 11.3 Å². The van der Waals surface area contributed by atoms with Crippen molar-refractivity contribution < 1.29 is 0 Å². The van der Waals surface area contributed by atoms with Gasteiger partial charge in [0, 0.05) is 22.1 Å². The zero-order chi connectivity index (χ0) is 10.7. The average Bonchev–Trinajstić information content (AvgIpc) is 2.73. The van der Waals surface area contributed by atoms with Crippen LogP contribution in [-0.4, -0.2) is 0 Å². The van der Waals surface area contributed by atoms with E-state index in [1.54, 1.807) is 11.3 Å². The second-order valence-corrected chi connectivity index (χ2v) is 5.16. The van der Waals surface area contributed by atoms with E-state index >= 15 is 0 Å². The summed E-state index contributed by atoms with van der Waals surface area (Å²) in [4.78, 5) is 0. The van der Waals surface area contributed by atoms with Gasteiger partial charge in [0.15, 0.2) is 0 Å². The molecule has 1 heterocycles. The molecule has 4 heteroatoms. The highest BCUT2D eigenvalue weighted by Crippen LogP contribution is 2.23. The number of anilines is 1. The summed E-state index contributed by atoms with van der Waals surface area (Å²) < 4.78 is 0.934. The van der Waals surface area contributed by atoms with Crippen molar-refractivity contribution in [3.05, 3.63) is 50.1 Å². The van der Waals surface area contributed by atoms with Gasteiger partial charge in [-0.1, -0.05) is 17.7 Å². The highest BCUT2D eigenvalue weighted by atomic mass is 79.9. The normalized spacial score (nSPS) is 10.3. The first-order valence-corrected chi connectivity index (χ1v) is 6.57. The number of benzene rings is 1. The Labute approximate surface area is 106 Å². The van der Waals surface area contributed by atoms with Crippen molar-refractivity contribution in [1.82, 2.24) is 0 Å². The second-order valence-electron chi connectivity index (χ2n) is 3.11. The van der Waals surface area contributed by atoms with Crippen LogP contribution in [0.1, 0.15) is 5.56 Å². The topological polar surface area (TPSA) is 12.0 Å². The van der Waals surface area contributed by atoms with Gasteiger partial charge in [-0.05, 0) is 45.1 Å². The van der Waals surface area contributed by atoms with Crippen molar-refractivity contribution in [2.45, 2.75) is 6.54 Å². The molecule has 0 aliphatic heterocycles. The Morgan fingerprint density at radius 1 is 1.33 bits per heavy atom. The van der Waals surface area contributed by atoms with Gasteiger partial charge in [0.05, 0.1) is 5.02 Å². The van der Waals surface area contributed by atoms with Crippen LogP contribution in [0.4, 0.5) is 5.69 Å². The summed E-state index contributed by atoms with van der Waals surface area (Å²) in [5.74, 6) is 0. The molecule has 0 saturated carbocycles. The summed E-state index contributed by atoms with van der Waals surface area (Å²) in [6, 6.07) is 8.04. The van der Waals surface area contributed by atoms with E-state index in [0.717, 1.165) is 21.7 Å². The van der Waals surface area contributed by atoms with Crippen LogP contribution in [0.5, 0.6) is 0 Å². The molecule has 1 nitrogen and oxygen atoms in total. The van der Waals surface area contributed by atoms with Crippen LogP contribution in [0, 0.1) is 0 Å². The zero-order valence-corrected chi connectivity index (χ0v) is 11.0. The second kappa shape index (κ2) is 5.01. The minimum atomic E-state index is 0.750. The van der Waals surface area contributed by atoms with Crippen molar-refractivity contribution in [1.29, 1.82) is 0 Å². The summed E-state index contributed by atoms with van der Waals surface area (Å²) >= 11 is 11.1. The van der Waals surface area contributed by atoms with Crippen molar-refractivity contribution in [2.24, 2.45) is 0 Å². The lowest BCUT2D eigenvalue weighted by Crippen LogP contribution is -1.97. The Kier molecular flexibility index (Phi) is 3.67. The Bertz CT molecular complexity index is 442. The molecule has 1 N–H and O–H groups in total. The first-order valence-electron chi connectivity index (χ1n) is 4.46. The van der Waals surface area contributed by atoms with Crippen LogP contribution in [0.15, 0.2) is 39.5 Å². The molecule has 15 heavy (non-hydrogen) atoms. The molecule has 0 fully saturated rings. The number of hydrogen-bond acceptors (Lipinski definition) is 2. The first-order chi connectivity index (χ1) is 7.25. The van der Waals surface area contributed by atoms with E-state index in [0.29, 0.717) is 0 Å². The molecule has 78 valence electrons. The van der Waals surface area contributed by atoms with E-state index in [4.69, 9.17) is 11.6 Å². The van der Waals surface area contributed by atoms with Crippen LogP contribution >= 0.6 is 38.9 Å². The number of thiophene rings is 1. The number of nitrogens with one attached hydrogen (secondary N) is 1. The van der Waals surface area contributed by atoms with E-state index in [2.05, 4.69) is 44.1 Å². The summed E-state index contributed by atoms with van der Waals surface area (Å²) in [7, 11) is 0. The lowest BCUT2D eigenvalue weighted by atomic mass is 10.2. The molecule has 0 unspecified atom stereocenters. The minimum absolute atomic E-state index is 0.750. The van der Waals surface area contributed by atoms with Crippen LogP contribution in [-0.2, 0) is 6.54 Å². The van der Waals surface area contributed by atoms with E-state index in [9.17, 15) is 0 Å². The molecule has 1 aromatic carbocycles. The molecule has 2 aromatic rings. The Hall–Kier alpha value is -0.510. The third-order valence-electron chi connectivity index (χ3n) is 2.00. The van der Waals surface area contributed by atoms with Gasteiger partial charge in [0.2, 0.25) is 0 Å². The monoisotopic (exact) mass is 301 g/mol. The highest BCUT2D eigenvalue weighted by molar-refractivity contribution is 9.10. The lowest BCUT2D eigenvalue weighted by Gasteiger charge is -2.05. The van der Waals surface area contributed by atoms with Crippen molar-refractivity contribution >= 4 is 44.6 Å². The lowest BCUT2D eigenvalue weighted by molar-refractivity contribution is 1.15. The third kappa shape index (κ3) is 2.97. The maximum Gasteiger partial charge on any atom is 0.0551 e. The van der Waals surface area contributed by atoms with Crippen molar-refractivity contribution in [3.63, 3.8) is 0 Å². The molecule has 0 saturated heterocycles. The van der Waals surface area contributed by atoms with Crippen LogP contribution in [0.2, 0.25) is 5.02 Å². The predicted molar refractivity (Wildman–Crippen MR) is 70.8 cm³/mol. The van der Waals surface area contributed by atoms with Crippen LogP contribution < -0.4 is 5.32 Å². The Balaban J connectivity index is 2.02. The highest BCUT2D eigenvalue weighted by Gasteiger charge is 1.99. The number of hydrogen-bond donors (Lipinski definition) is 1. The first kappa shape index (κ1) is 11.0. The molecule has 0 amide bonds.